The van der Waals surface area contributed by atoms with Crippen LogP contribution in [0.25, 0.3) is 10.9 Å². The molecule has 1 atom stereocenters. The predicted molar refractivity (Wildman–Crippen MR) is 116 cm³/mol. The number of nitrogens with zero attached hydrogens (tertiary/aromatic N) is 3. The molecule has 3 N–H and O–H groups in total. The number of carbonyl (C=O) groups is 1. The number of amides is 2. The minimum Gasteiger partial charge on any atom is -0.351 e. The number of fused-ring (bicyclic) bond motifs is 1. The summed E-state index contributed by atoms with van der Waals surface area (Å²) in [5.41, 5.74) is 6.93. The van der Waals surface area contributed by atoms with Gasteiger partial charge in [0.1, 0.15) is 11.9 Å². The second kappa shape index (κ2) is 8.99. The molecule has 1 aromatic heterocycles. The van der Waals surface area contributed by atoms with Crippen LogP contribution in [0, 0.1) is 5.82 Å². The van der Waals surface area contributed by atoms with Gasteiger partial charge in [-0.05, 0) is 30.2 Å². The summed E-state index contributed by atoms with van der Waals surface area (Å²) in [6.45, 7) is 1.53. The number of nitrogens with one attached hydrogen (secondary N) is 1. The fourth-order valence-electron chi connectivity index (χ4n) is 4.19. The van der Waals surface area contributed by atoms with E-state index in [2.05, 4.69) is 10.4 Å². The molecule has 10 heteroatoms. The first kappa shape index (κ1) is 22.4. The molecule has 1 aliphatic heterocycles. The Morgan fingerprint density at radius 1 is 1.31 bits per heavy atom. The highest BCUT2D eigenvalue weighted by molar-refractivity contribution is 6.30. The number of urea groups is 1. The average Bonchev–Trinajstić information content (AvgIpc) is 3.15. The third-order valence-corrected chi connectivity index (χ3v) is 6.02. The molecule has 0 saturated carbocycles. The first-order valence-electron chi connectivity index (χ1n) is 10.3. The number of rotatable bonds is 6. The van der Waals surface area contributed by atoms with Crippen molar-refractivity contribution < 1.29 is 18.0 Å². The molecule has 0 bridgehead atoms. The summed E-state index contributed by atoms with van der Waals surface area (Å²) in [5, 5.41) is 8.25. The van der Waals surface area contributed by atoms with Crippen molar-refractivity contribution in [3.05, 3.63) is 64.6 Å². The lowest BCUT2D eigenvalue weighted by atomic mass is 9.91. The maximum atomic E-state index is 14.7. The molecule has 1 fully saturated rings. The Kier molecular flexibility index (Phi) is 6.30. The van der Waals surface area contributed by atoms with Crippen LogP contribution in [0.2, 0.25) is 5.02 Å². The first-order valence-corrected chi connectivity index (χ1v) is 10.7. The van der Waals surface area contributed by atoms with Gasteiger partial charge in [0, 0.05) is 37.0 Å². The molecular formula is C22H23ClF3N5O. The molecule has 6 nitrogen and oxygen atoms in total. The van der Waals surface area contributed by atoms with Gasteiger partial charge in [0.05, 0.1) is 23.3 Å². The van der Waals surface area contributed by atoms with E-state index in [0.29, 0.717) is 36.1 Å². The number of nitrogens with two attached hydrogens (primary N) is 1. The van der Waals surface area contributed by atoms with Crippen LogP contribution < -0.4 is 11.1 Å². The van der Waals surface area contributed by atoms with E-state index in [-0.39, 0.29) is 24.4 Å². The van der Waals surface area contributed by atoms with E-state index >= 15 is 0 Å². The molecule has 170 valence electrons. The Balaban J connectivity index is 1.47. The zero-order valence-electron chi connectivity index (χ0n) is 17.2. The molecule has 2 amide bonds. The van der Waals surface area contributed by atoms with Crippen molar-refractivity contribution in [3.63, 3.8) is 0 Å². The zero-order valence-corrected chi connectivity index (χ0v) is 18.0. The van der Waals surface area contributed by atoms with Crippen molar-refractivity contribution >= 4 is 28.5 Å². The second-order valence-electron chi connectivity index (χ2n) is 7.87. The van der Waals surface area contributed by atoms with Gasteiger partial charge in [-0.25, -0.2) is 18.0 Å². The number of hydrogen-bond acceptors (Lipinski definition) is 3. The maximum Gasteiger partial charge on any atom is 0.315 e. The molecule has 4 rings (SSSR count). The molecular weight excluding hydrogens is 443 g/mol. The standard InChI is InChI=1S/C22H23ClF3N5O/c23-17-4-1-3-15(19(17)24)12-28-8-10-31-18-6-5-14(11-16(18)13-29-31)20-22(25,26)7-2-9-30(20)21(27)32/h1,3-6,11,13,20,28H,2,7-10,12H2,(H2,27,32). The van der Waals surface area contributed by atoms with E-state index < -0.39 is 23.8 Å². The Hall–Kier alpha value is -2.78. The third-order valence-electron chi connectivity index (χ3n) is 5.73. The van der Waals surface area contributed by atoms with Crippen molar-refractivity contribution in [2.75, 3.05) is 13.1 Å². The summed E-state index contributed by atoms with van der Waals surface area (Å²) in [6, 6.07) is 7.55. The van der Waals surface area contributed by atoms with Gasteiger partial charge in [-0.15, -0.1) is 0 Å². The third kappa shape index (κ3) is 4.40. The van der Waals surface area contributed by atoms with E-state index in [4.69, 9.17) is 17.3 Å². The number of alkyl halides is 2. The van der Waals surface area contributed by atoms with E-state index in [9.17, 15) is 18.0 Å². The number of piperidine rings is 1. The lowest BCUT2D eigenvalue weighted by Crippen LogP contribution is -2.50. The zero-order chi connectivity index (χ0) is 22.9. The van der Waals surface area contributed by atoms with E-state index in [1.165, 1.54) is 6.07 Å². The highest BCUT2D eigenvalue weighted by Gasteiger charge is 2.48. The van der Waals surface area contributed by atoms with Crippen LogP contribution in [0.3, 0.4) is 0 Å². The molecule has 2 aromatic carbocycles. The van der Waals surface area contributed by atoms with Crippen molar-refractivity contribution in [2.24, 2.45) is 5.73 Å². The Labute approximate surface area is 188 Å². The van der Waals surface area contributed by atoms with Crippen molar-refractivity contribution in [3.8, 4) is 0 Å². The smallest absolute Gasteiger partial charge is 0.315 e. The van der Waals surface area contributed by atoms with Gasteiger partial charge in [0.15, 0.2) is 0 Å². The van der Waals surface area contributed by atoms with Crippen LogP contribution in [-0.4, -0.2) is 39.7 Å². The Morgan fingerprint density at radius 3 is 2.91 bits per heavy atom. The SMILES string of the molecule is NC(=O)N1CCCC(F)(F)C1c1ccc2c(cnn2CCNCc2cccc(Cl)c2F)c1. The Bertz CT molecular complexity index is 1140. The van der Waals surface area contributed by atoms with E-state index in [0.717, 1.165) is 10.4 Å². The molecule has 3 aromatic rings. The Morgan fingerprint density at radius 2 is 2.12 bits per heavy atom. The number of hydrogen-bond donors (Lipinski definition) is 2. The molecule has 0 spiro atoms. The van der Waals surface area contributed by atoms with Gasteiger partial charge >= 0.3 is 6.03 Å². The minimum atomic E-state index is -3.06. The average molecular weight is 466 g/mol. The highest BCUT2D eigenvalue weighted by atomic mass is 35.5. The van der Waals surface area contributed by atoms with Gasteiger partial charge in [-0.1, -0.05) is 29.8 Å². The maximum absolute atomic E-state index is 14.7. The number of benzene rings is 2. The van der Waals surface area contributed by atoms with Crippen LogP contribution in [0.4, 0.5) is 18.0 Å². The lowest BCUT2D eigenvalue weighted by molar-refractivity contribution is -0.0999. The van der Waals surface area contributed by atoms with Gasteiger partial charge in [0.25, 0.3) is 5.92 Å². The quantitative estimate of drug-likeness (QED) is 0.527. The highest BCUT2D eigenvalue weighted by Crippen LogP contribution is 2.43. The van der Waals surface area contributed by atoms with Gasteiger partial charge in [0.2, 0.25) is 0 Å². The van der Waals surface area contributed by atoms with Gasteiger partial charge in [-0.3, -0.25) is 4.68 Å². The van der Waals surface area contributed by atoms with Crippen LogP contribution in [0.1, 0.15) is 30.0 Å². The summed E-state index contributed by atoms with van der Waals surface area (Å²) in [4.78, 5) is 12.8. The number of carbonyl (C=O) groups excluding carboxylic acids is 1. The van der Waals surface area contributed by atoms with Crippen molar-refractivity contribution in [2.45, 2.75) is 37.9 Å². The summed E-state index contributed by atoms with van der Waals surface area (Å²) < 4.78 is 45.0. The molecule has 1 saturated heterocycles. The van der Waals surface area contributed by atoms with Crippen LogP contribution in [0.15, 0.2) is 42.6 Å². The fourth-order valence-corrected chi connectivity index (χ4v) is 4.38. The van der Waals surface area contributed by atoms with Crippen LogP contribution >= 0.6 is 11.6 Å². The van der Waals surface area contributed by atoms with Gasteiger partial charge in [-0.2, -0.15) is 5.10 Å². The number of aromatic nitrogens is 2. The molecule has 0 aliphatic carbocycles. The van der Waals surface area contributed by atoms with Crippen molar-refractivity contribution in [1.82, 2.24) is 20.0 Å². The van der Waals surface area contributed by atoms with Crippen LogP contribution in [-0.2, 0) is 13.1 Å². The topological polar surface area (TPSA) is 76.2 Å². The summed E-state index contributed by atoms with van der Waals surface area (Å²) in [6.07, 6.45) is 1.52. The molecule has 2 heterocycles. The van der Waals surface area contributed by atoms with Gasteiger partial charge < -0.3 is 16.0 Å². The predicted octanol–water partition coefficient (Wildman–Crippen LogP) is 4.47. The number of halogens is 4. The monoisotopic (exact) mass is 465 g/mol. The van der Waals surface area contributed by atoms with E-state index in [1.54, 1.807) is 41.2 Å². The number of likely N-dealkylation sites (tertiary alicyclic amines) is 1. The molecule has 0 radical (unpaired) electrons. The second-order valence-corrected chi connectivity index (χ2v) is 8.28. The molecule has 1 aliphatic rings. The minimum absolute atomic E-state index is 0.0802. The fraction of sp³-hybridized carbons (Fsp3) is 0.364. The summed E-state index contributed by atoms with van der Waals surface area (Å²) in [5.74, 6) is -3.50. The number of primary amides is 1. The van der Waals surface area contributed by atoms with E-state index in [1.807, 2.05) is 0 Å². The van der Waals surface area contributed by atoms with Crippen molar-refractivity contribution in [1.29, 1.82) is 0 Å². The first-order chi connectivity index (χ1) is 15.3. The molecule has 1 unspecified atom stereocenters. The normalized spacial score (nSPS) is 18.2. The lowest BCUT2D eigenvalue weighted by Gasteiger charge is -2.40. The molecule has 32 heavy (non-hydrogen) atoms. The largest absolute Gasteiger partial charge is 0.351 e. The van der Waals surface area contributed by atoms with Crippen LogP contribution in [0.5, 0.6) is 0 Å². The summed E-state index contributed by atoms with van der Waals surface area (Å²) >= 11 is 5.79. The summed E-state index contributed by atoms with van der Waals surface area (Å²) in [7, 11) is 0.